The molecule has 0 radical (unpaired) electrons. The van der Waals surface area contributed by atoms with E-state index in [1.54, 1.807) is 4.90 Å². The van der Waals surface area contributed by atoms with Gasteiger partial charge in [0.15, 0.2) is 0 Å². The molecule has 120 valence electrons. The maximum absolute atomic E-state index is 12.6. The van der Waals surface area contributed by atoms with Gasteiger partial charge in [-0.3, -0.25) is 9.59 Å². The molecule has 0 aromatic heterocycles. The van der Waals surface area contributed by atoms with Crippen molar-refractivity contribution in [3.63, 3.8) is 0 Å². The average Bonchev–Trinajstić information content (AvgIpc) is 2.48. The Hall–Kier alpha value is -1.10. The molecule has 2 atom stereocenters. The number of amides is 1. The van der Waals surface area contributed by atoms with Gasteiger partial charge in [-0.2, -0.15) is 0 Å². The van der Waals surface area contributed by atoms with Crippen molar-refractivity contribution in [1.29, 1.82) is 0 Å². The minimum atomic E-state index is -0.805. The van der Waals surface area contributed by atoms with Crippen LogP contribution in [0.15, 0.2) is 0 Å². The van der Waals surface area contributed by atoms with Gasteiger partial charge in [0, 0.05) is 13.6 Å². The van der Waals surface area contributed by atoms with Crippen molar-refractivity contribution >= 4 is 11.9 Å². The van der Waals surface area contributed by atoms with E-state index in [0.717, 1.165) is 51.7 Å². The molecule has 0 aromatic carbocycles. The highest BCUT2D eigenvalue weighted by Gasteiger charge is 2.37. The summed E-state index contributed by atoms with van der Waals surface area (Å²) in [4.78, 5) is 28.1. The molecule has 0 aromatic rings. The van der Waals surface area contributed by atoms with Gasteiger partial charge in [0.25, 0.3) is 0 Å². The second-order valence-electron chi connectivity index (χ2n) is 6.80. The van der Waals surface area contributed by atoms with E-state index in [1.807, 2.05) is 7.05 Å². The molecule has 5 nitrogen and oxygen atoms in total. The van der Waals surface area contributed by atoms with Crippen LogP contribution in [0.25, 0.3) is 0 Å². The van der Waals surface area contributed by atoms with Crippen LogP contribution in [0, 0.1) is 17.8 Å². The first-order chi connectivity index (χ1) is 9.99. The molecule has 1 aliphatic carbocycles. The number of carboxylic acid groups (broad SMARTS) is 1. The molecule has 5 heteroatoms. The highest BCUT2D eigenvalue weighted by Crippen LogP contribution is 2.32. The van der Waals surface area contributed by atoms with Gasteiger partial charge < -0.3 is 14.9 Å². The molecule has 21 heavy (non-hydrogen) atoms. The first-order valence-electron chi connectivity index (χ1n) is 8.15. The van der Waals surface area contributed by atoms with Crippen molar-refractivity contribution in [1.82, 2.24) is 9.80 Å². The lowest BCUT2D eigenvalue weighted by atomic mass is 9.78. The zero-order valence-corrected chi connectivity index (χ0v) is 13.3. The fourth-order valence-corrected chi connectivity index (χ4v) is 3.73. The Morgan fingerprint density at radius 3 is 2.24 bits per heavy atom. The molecule has 1 N–H and O–H groups in total. The molecule has 1 saturated carbocycles. The molecule has 2 rings (SSSR count). The van der Waals surface area contributed by atoms with E-state index >= 15 is 0 Å². The SMILES string of the molecule is CN1CCC(CN(C)C(=O)C2CCCCC2C(=O)O)CC1. The number of likely N-dealkylation sites (tertiary alicyclic amines) is 1. The number of nitrogens with zero attached hydrogens (tertiary/aromatic N) is 2. The summed E-state index contributed by atoms with van der Waals surface area (Å²) in [6.07, 6.45) is 5.53. The lowest BCUT2D eigenvalue weighted by molar-refractivity contribution is -0.152. The fourth-order valence-electron chi connectivity index (χ4n) is 3.73. The van der Waals surface area contributed by atoms with Crippen LogP contribution < -0.4 is 0 Å². The Bertz CT molecular complexity index is 378. The van der Waals surface area contributed by atoms with Crippen LogP contribution in [0.3, 0.4) is 0 Å². The molecule has 2 aliphatic rings. The summed E-state index contributed by atoms with van der Waals surface area (Å²) in [7, 11) is 3.97. The van der Waals surface area contributed by atoms with Crippen LogP contribution in [-0.2, 0) is 9.59 Å². The average molecular weight is 296 g/mol. The summed E-state index contributed by atoms with van der Waals surface area (Å²) < 4.78 is 0. The minimum Gasteiger partial charge on any atom is -0.481 e. The van der Waals surface area contributed by atoms with Gasteiger partial charge in [-0.25, -0.2) is 0 Å². The molecule has 1 heterocycles. The summed E-state index contributed by atoms with van der Waals surface area (Å²) in [6.45, 7) is 2.96. The summed E-state index contributed by atoms with van der Waals surface area (Å²) in [5, 5.41) is 9.31. The highest BCUT2D eigenvalue weighted by atomic mass is 16.4. The van der Waals surface area contributed by atoms with E-state index < -0.39 is 11.9 Å². The monoisotopic (exact) mass is 296 g/mol. The summed E-state index contributed by atoms with van der Waals surface area (Å²) in [5.74, 6) is -0.998. The number of carbonyl (C=O) groups excluding carboxylic acids is 1. The quantitative estimate of drug-likeness (QED) is 0.857. The van der Waals surface area contributed by atoms with Crippen molar-refractivity contribution in [2.45, 2.75) is 38.5 Å². The van der Waals surface area contributed by atoms with Crippen molar-refractivity contribution in [2.75, 3.05) is 33.7 Å². The van der Waals surface area contributed by atoms with Crippen LogP contribution in [0.1, 0.15) is 38.5 Å². The lowest BCUT2D eigenvalue weighted by Gasteiger charge is -2.35. The van der Waals surface area contributed by atoms with Crippen LogP contribution >= 0.6 is 0 Å². The zero-order chi connectivity index (χ0) is 15.4. The molecule has 2 unspecified atom stereocenters. The Balaban J connectivity index is 1.90. The van der Waals surface area contributed by atoms with Gasteiger partial charge in [0.1, 0.15) is 0 Å². The largest absolute Gasteiger partial charge is 0.481 e. The van der Waals surface area contributed by atoms with Gasteiger partial charge in [-0.1, -0.05) is 12.8 Å². The Labute approximate surface area is 127 Å². The third-order valence-electron chi connectivity index (χ3n) is 5.15. The molecule has 2 fully saturated rings. The third-order valence-corrected chi connectivity index (χ3v) is 5.15. The maximum Gasteiger partial charge on any atom is 0.307 e. The van der Waals surface area contributed by atoms with Crippen molar-refractivity contribution in [3.8, 4) is 0 Å². The second-order valence-corrected chi connectivity index (χ2v) is 6.80. The number of hydrogen-bond donors (Lipinski definition) is 1. The van der Waals surface area contributed by atoms with Gasteiger partial charge in [-0.15, -0.1) is 0 Å². The van der Waals surface area contributed by atoms with Crippen LogP contribution in [0.5, 0.6) is 0 Å². The highest BCUT2D eigenvalue weighted by molar-refractivity contribution is 5.84. The number of carbonyl (C=O) groups is 2. The third kappa shape index (κ3) is 4.19. The van der Waals surface area contributed by atoms with Gasteiger partial charge in [0.05, 0.1) is 11.8 Å². The van der Waals surface area contributed by atoms with Gasteiger partial charge in [0.2, 0.25) is 5.91 Å². The lowest BCUT2D eigenvalue weighted by Crippen LogP contribution is -2.44. The topological polar surface area (TPSA) is 60.9 Å². The number of piperidine rings is 1. The van der Waals surface area contributed by atoms with Gasteiger partial charge in [-0.05, 0) is 51.7 Å². The van der Waals surface area contributed by atoms with Crippen LogP contribution in [0.2, 0.25) is 0 Å². The van der Waals surface area contributed by atoms with E-state index in [4.69, 9.17) is 0 Å². The van der Waals surface area contributed by atoms with E-state index in [0.29, 0.717) is 12.3 Å². The first-order valence-corrected chi connectivity index (χ1v) is 8.15. The summed E-state index contributed by atoms with van der Waals surface area (Å²) in [5.41, 5.74) is 0. The molecule has 1 amide bonds. The Kier molecular flexibility index (Phi) is 5.62. The summed E-state index contributed by atoms with van der Waals surface area (Å²) >= 11 is 0. The minimum absolute atomic E-state index is 0.0426. The predicted molar refractivity (Wildman–Crippen MR) is 80.9 cm³/mol. The number of aliphatic carboxylic acids is 1. The molecule has 1 aliphatic heterocycles. The molecule has 1 saturated heterocycles. The van der Waals surface area contributed by atoms with Crippen LogP contribution in [0.4, 0.5) is 0 Å². The van der Waals surface area contributed by atoms with E-state index in [1.165, 1.54) is 0 Å². The number of rotatable bonds is 4. The molecular weight excluding hydrogens is 268 g/mol. The van der Waals surface area contributed by atoms with E-state index in [9.17, 15) is 14.7 Å². The van der Waals surface area contributed by atoms with E-state index in [2.05, 4.69) is 11.9 Å². The van der Waals surface area contributed by atoms with Crippen molar-refractivity contribution in [3.05, 3.63) is 0 Å². The predicted octanol–water partition coefficient (Wildman–Crippen LogP) is 1.68. The number of hydrogen-bond acceptors (Lipinski definition) is 3. The zero-order valence-electron chi connectivity index (χ0n) is 13.3. The van der Waals surface area contributed by atoms with Crippen molar-refractivity contribution in [2.24, 2.45) is 17.8 Å². The normalized spacial score (nSPS) is 28.3. The number of carboxylic acids is 1. The molecular formula is C16H28N2O3. The van der Waals surface area contributed by atoms with Gasteiger partial charge >= 0.3 is 5.97 Å². The molecule has 0 bridgehead atoms. The smallest absolute Gasteiger partial charge is 0.307 e. The van der Waals surface area contributed by atoms with Crippen LogP contribution in [-0.4, -0.2) is 60.5 Å². The standard InChI is InChI=1S/C16H28N2O3/c1-17-9-7-12(8-10-17)11-18(2)15(19)13-5-3-4-6-14(13)16(20)21/h12-14H,3-11H2,1-2H3,(H,20,21). The summed E-state index contributed by atoms with van der Waals surface area (Å²) in [6, 6.07) is 0. The second kappa shape index (κ2) is 7.25. The first kappa shape index (κ1) is 16.3. The maximum atomic E-state index is 12.6. The fraction of sp³-hybridized carbons (Fsp3) is 0.875. The Morgan fingerprint density at radius 1 is 1.10 bits per heavy atom. The Morgan fingerprint density at radius 2 is 1.67 bits per heavy atom. The molecule has 0 spiro atoms. The van der Waals surface area contributed by atoms with Crippen molar-refractivity contribution < 1.29 is 14.7 Å². The van der Waals surface area contributed by atoms with E-state index in [-0.39, 0.29) is 11.8 Å².